The number of carbonyl (C=O) groups excluding carboxylic acids is 4. The van der Waals surface area contributed by atoms with Crippen LogP contribution in [0.1, 0.15) is 50.8 Å². The molecular weight excluding hydrogens is 472 g/mol. The van der Waals surface area contributed by atoms with Crippen LogP contribution in [0.5, 0.6) is 0 Å². The summed E-state index contributed by atoms with van der Waals surface area (Å²) in [5.74, 6) is -0.795. The second-order valence-electron chi connectivity index (χ2n) is 10.2. The van der Waals surface area contributed by atoms with Gasteiger partial charge in [0.2, 0.25) is 5.91 Å². The van der Waals surface area contributed by atoms with Crippen LogP contribution in [0.15, 0.2) is 66.7 Å². The minimum atomic E-state index is -0.838. The summed E-state index contributed by atoms with van der Waals surface area (Å²) >= 11 is 0. The molecule has 0 N–H and O–H groups in total. The predicted molar refractivity (Wildman–Crippen MR) is 137 cm³/mol. The van der Waals surface area contributed by atoms with Crippen molar-refractivity contribution in [1.29, 1.82) is 0 Å². The number of benzene rings is 2. The number of cyclic esters (lactones) is 1. The number of hydrogen-bond donors (Lipinski definition) is 0. The van der Waals surface area contributed by atoms with E-state index in [1.165, 1.54) is 9.80 Å². The van der Waals surface area contributed by atoms with Gasteiger partial charge < -0.3 is 19.2 Å². The van der Waals surface area contributed by atoms with Gasteiger partial charge in [-0.1, -0.05) is 72.8 Å². The lowest BCUT2D eigenvalue weighted by Gasteiger charge is -2.51. The van der Waals surface area contributed by atoms with E-state index in [2.05, 4.69) is 0 Å². The molecule has 2 aromatic carbocycles. The Morgan fingerprint density at radius 2 is 1.73 bits per heavy atom. The smallest absolute Gasteiger partial charge is 0.411 e. The number of hydrogen-bond acceptors (Lipinski definition) is 6. The van der Waals surface area contributed by atoms with Gasteiger partial charge >= 0.3 is 12.1 Å². The van der Waals surface area contributed by atoms with E-state index in [4.69, 9.17) is 9.47 Å². The van der Waals surface area contributed by atoms with Crippen LogP contribution < -0.4 is 0 Å². The zero-order valence-corrected chi connectivity index (χ0v) is 21.3. The summed E-state index contributed by atoms with van der Waals surface area (Å²) in [5.41, 5.74) is 1.14. The van der Waals surface area contributed by atoms with E-state index in [0.717, 1.165) is 11.1 Å². The molecule has 2 heterocycles. The summed E-state index contributed by atoms with van der Waals surface area (Å²) in [7, 11) is 0. The SMILES string of the molecule is CC(C)(C)OC(=O)CC[C@@H](C=O)N1C(=O)C(N2C(=O)OCC2c2ccccc2)C1/C=C/c1ccccc1. The highest BCUT2D eigenvalue weighted by Gasteiger charge is 2.56. The van der Waals surface area contributed by atoms with Crippen molar-refractivity contribution in [3.05, 3.63) is 77.9 Å². The van der Waals surface area contributed by atoms with Crippen molar-refractivity contribution in [2.45, 2.75) is 63.4 Å². The van der Waals surface area contributed by atoms with Crippen LogP contribution in [0.2, 0.25) is 0 Å². The van der Waals surface area contributed by atoms with Gasteiger partial charge in [-0.25, -0.2) is 4.79 Å². The zero-order chi connectivity index (χ0) is 26.6. The molecule has 2 fully saturated rings. The first-order valence-corrected chi connectivity index (χ1v) is 12.4. The van der Waals surface area contributed by atoms with Gasteiger partial charge in [0.15, 0.2) is 0 Å². The average Bonchev–Trinajstić information content (AvgIpc) is 3.24. The zero-order valence-electron chi connectivity index (χ0n) is 21.3. The summed E-state index contributed by atoms with van der Waals surface area (Å²) in [6.07, 6.45) is 3.92. The van der Waals surface area contributed by atoms with Crippen LogP contribution in [-0.4, -0.2) is 64.4 Å². The monoisotopic (exact) mass is 504 g/mol. The quantitative estimate of drug-likeness (QED) is 0.289. The molecule has 0 spiro atoms. The Morgan fingerprint density at radius 1 is 1.08 bits per heavy atom. The Kier molecular flexibility index (Phi) is 7.76. The number of rotatable bonds is 9. The average molecular weight is 505 g/mol. The molecule has 3 unspecified atom stereocenters. The Labute approximate surface area is 216 Å². The van der Waals surface area contributed by atoms with Gasteiger partial charge in [0.25, 0.3) is 0 Å². The molecule has 8 nitrogen and oxygen atoms in total. The van der Waals surface area contributed by atoms with Crippen LogP contribution in [-0.2, 0) is 23.9 Å². The van der Waals surface area contributed by atoms with Crippen LogP contribution in [0.3, 0.4) is 0 Å². The lowest BCUT2D eigenvalue weighted by Crippen LogP contribution is -2.72. The minimum absolute atomic E-state index is 0.0113. The minimum Gasteiger partial charge on any atom is -0.460 e. The maximum Gasteiger partial charge on any atom is 0.411 e. The topological polar surface area (TPSA) is 93.2 Å². The first kappa shape index (κ1) is 26.1. The van der Waals surface area contributed by atoms with Gasteiger partial charge in [-0.2, -0.15) is 0 Å². The maximum absolute atomic E-state index is 13.5. The van der Waals surface area contributed by atoms with E-state index in [1.54, 1.807) is 20.8 Å². The van der Waals surface area contributed by atoms with Crippen molar-refractivity contribution in [2.75, 3.05) is 6.61 Å². The number of ether oxygens (including phenoxy) is 2. The third kappa shape index (κ3) is 5.90. The summed E-state index contributed by atoms with van der Waals surface area (Å²) in [6.45, 7) is 5.45. The summed E-state index contributed by atoms with van der Waals surface area (Å²) in [5, 5.41) is 0. The van der Waals surface area contributed by atoms with Crippen LogP contribution in [0.4, 0.5) is 4.79 Å². The molecule has 194 valence electrons. The molecule has 0 radical (unpaired) electrons. The summed E-state index contributed by atoms with van der Waals surface area (Å²) < 4.78 is 10.7. The van der Waals surface area contributed by atoms with E-state index in [-0.39, 0.29) is 25.4 Å². The lowest BCUT2D eigenvalue weighted by atomic mass is 9.87. The highest BCUT2D eigenvalue weighted by Crippen LogP contribution is 2.38. The number of aldehydes is 1. The lowest BCUT2D eigenvalue weighted by molar-refractivity contribution is -0.162. The predicted octanol–water partition coefficient (Wildman–Crippen LogP) is 4.16. The van der Waals surface area contributed by atoms with E-state index in [1.807, 2.05) is 72.8 Å². The largest absolute Gasteiger partial charge is 0.460 e. The molecule has 2 saturated heterocycles. The van der Waals surface area contributed by atoms with Gasteiger partial charge in [0.1, 0.15) is 24.5 Å². The van der Waals surface area contributed by atoms with E-state index in [9.17, 15) is 19.2 Å². The molecule has 0 bridgehead atoms. The van der Waals surface area contributed by atoms with Gasteiger partial charge in [0.05, 0.1) is 18.1 Å². The van der Waals surface area contributed by atoms with Gasteiger partial charge in [-0.3, -0.25) is 14.5 Å². The molecule has 4 rings (SSSR count). The number of carbonyl (C=O) groups is 4. The molecule has 2 aliphatic heterocycles. The fourth-order valence-corrected chi connectivity index (χ4v) is 4.76. The standard InChI is InChI=1S/C29H32N2O6/c1-29(2,3)37-25(33)17-15-22(18-32)30-23(16-14-20-10-6-4-7-11-20)26(27(30)34)31-24(19-36-28(31)35)21-12-8-5-9-13-21/h4-14,16,18,22-24,26H,15,17,19H2,1-3H3/b16-14+/t22-,23?,24?,26?/m0/s1. The van der Waals surface area contributed by atoms with Gasteiger partial charge in [0, 0.05) is 6.42 Å². The highest BCUT2D eigenvalue weighted by molar-refractivity contribution is 5.96. The Balaban J connectivity index is 1.60. The maximum atomic E-state index is 13.5. The van der Waals surface area contributed by atoms with E-state index < -0.39 is 41.8 Å². The van der Waals surface area contributed by atoms with Crippen molar-refractivity contribution in [3.63, 3.8) is 0 Å². The molecule has 37 heavy (non-hydrogen) atoms. The third-order valence-corrected chi connectivity index (χ3v) is 6.41. The van der Waals surface area contributed by atoms with Crippen molar-refractivity contribution < 1.29 is 28.7 Å². The molecule has 0 aromatic heterocycles. The first-order valence-electron chi connectivity index (χ1n) is 12.4. The Hall–Kier alpha value is -3.94. The van der Waals surface area contributed by atoms with Crippen LogP contribution >= 0.6 is 0 Å². The van der Waals surface area contributed by atoms with Crippen LogP contribution in [0.25, 0.3) is 6.08 Å². The summed E-state index contributed by atoms with van der Waals surface area (Å²) in [6, 6.07) is 16.3. The van der Waals surface area contributed by atoms with Crippen LogP contribution in [0, 0.1) is 0 Å². The normalized spacial score (nSPS) is 22.5. The van der Waals surface area contributed by atoms with Gasteiger partial charge in [-0.05, 0) is 38.3 Å². The van der Waals surface area contributed by atoms with Gasteiger partial charge in [-0.15, -0.1) is 0 Å². The fourth-order valence-electron chi connectivity index (χ4n) is 4.76. The van der Waals surface area contributed by atoms with Crippen molar-refractivity contribution >= 4 is 30.3 Å². The number of β-lactam (4-membered cyclic amide) rings is 1. The molecule has 2 aromatic rings. The fraction of sp³-hybridized carbons (Fsp3) is 0.379. The molecule has 0 saturated carbocycles. The number of likely N-dealkylation sites (tertiary alicyclic amines) is 1. The second kappa shape index (κ2) is 11.0. The molecule has 2 aliphatic rings. The van der Waals surface area contributed by atoms with Crippen molar-refractivity contribution in [2.24, 2.45) is 0 Å². The molecule has 2 amide bonds. The highest BCUT2D eigenvalue weighted by atomic mass is 16.6. The second-order valence-corrected chi connectivity index (χ2v) is 10.2. The molecule has 4 atom stereocenters. The first-order chi connectivity index (χ1) is 17.7. The third-order valence-electron chi connectivity index (χ3n) is 6.41. The Morgan fingerprint density at radius 3 is 2.35 bits per heavy atom. The molecular formula is C29H32N2O6. The Bertz CT molecular complexity index is 1160. The molecule has 0 aliphatic carbocycles. The number of esters is 1. The van der Waals surface area contributed by atoms with E-state index in [0.29, 0.717) is 6.29 Å². The van der Waals surface area contributed by atoms with Crippen molar-refractivity contribution in [1.82, 2.24) is 9.80 Å². The molecule has 8 heteroatoms. The number of amides is 2. The van der Waals surface area contributed by atoms with E-state index >= 15 is 0 Å². The summed E-state index contributed by atoms with van der Waals surface area (Å²) in [4.78, 5) is 53.7. The van der Waals surface area contributed by atoms with Crippen molar-refractivity contribution in [3.8, 4) is 0 Å². The number of nitrogens with zero attached hydrogens (tertiary/aromatic N) is 2.